The van der Waals surface area contributed by atoms with Gasteiger partial charge in [0.15, 0.2) is 0 Å². The first-order valence-corrected chi connectivity index (χ1v) is 11.5. The van der Waals surface area contributed by atoms with E-state index in [0.29, 0.717) is 5.92 Å². The van der Waals surface area contributed by atoms with E-state index in [9.17, 15) is 4.39 Å². The van der Waals surface area contributed by atoms with E-state index in [-0.39, 0.29) is 5.82 Å². The number of aromatic nitrogens is 1. The highest BCUT2D eigenvalue weighted by Gasteiger charge is 2.23. The first kappa shape index (κ1) is 20.8. The van der Waals surface area contributed by atoms with Crippen molar-refractivity contribution >= 4 is 10.9 Å². The van der Waals surface area contributed by atoms with Crippen LogP contribution in [0.15, 0.2) is 85.1 Å². The van der Waals surface area contributed by atoms with Crippen molar-refractivity contribution in [3.05, 3.63) is 102 Å². The van der Waals surface area contributed by atoms with Gasteiger partial charge in [0.25, 0.3) is 0 Å². The van der Waals surface area contributed by atoms with E-state index in [4.69, 9.17) is 4.74 Å². The summed E-state index contributed by atoms with van der Waals surface area (Å²) in [4.78, 5) is 2.51. The Bertz CT molecular complexity index is 1150. The van der Waals surface area contributed by atoms with E-state index in [1.807, 2.05) is 42.5 Å². The number of likely N-dealkylation sites (tertiary alicyclic amines) is 1. The van der Waals surface area contributed by atoms with Gasteiger partial charge >= 0.3 is 0 Å². The highest BCUT2D eigenvalue weighted by molar-refractivity contribution is 5.84. The quantitative estimate of drug-likeness (QED) is 0.355. The summed E-state index contributed by atoms with van der Waals surface area (Å²) < 4.78 is 21.5. The molecule has 0 saturated carbocycles. The van der Waals surface area contributed by atoms with Gasteiger partial charge in [-0.05, 0) is 73.3 Å². The second-order valence-electron chi connectivity index (χ2n) is 8.63. The zero-order chi connectivity index (χ0) is 21.8. The van der Waals surface area contributed by atoms with E-state index in [1.54, 1.807) is 12.1 Å². The second kappa shape index (κ2) is 9.58. The molecule has 0 unspecified atom stereocenters. The van der Waals surface area contributed by atoms with Crippen LogP contribution in [0.5, 0.6) is 5.75 Å². The molecule has 0 aliphatic carbocycles. The largest absolute Gasteiger partial charge is 0.492 e. The molecular weight excluding hydrogens is 399 g/mol. The molecule has 4 heteroatoms. The number of hydrogen-bond acceptors (Lipinski definition) is 2. The van der Waals surface area contributed by atoms with Crippen LogP contribution in [-0.4, -0.2) is 35.7 Å². The van der Waals surface area contributed by atoms with Crippen molar-refractivity contribution < 1.29 is 9.13 Å². The van der Waals surface area contributed by atoms with E-state index >= 15 is 0 Å². The Labute approximate surface area is 189 Å². The summed E-state index contributed by atoms with van der Waals surface area (Å²) in [6.07, 6.45) is 4.65. The molecule has 3 nitrogen and oxygen atoms in total. The number of piperidine rings is 1. The van der Waals surface area contributed by atoms with Crippen molar-refractivity contribution in [3.63, 3.8) is 0 Å². The molecule has 4 aromatic rings. The number of nitrogens with zero attached hydrogens (tertiary/aromatic N) is 2. The van der Waals surface area contributed by atoms with Gasteiger partial charge in [-0.25, -0.2) is 4.39 Å². The summed E-state index contributed by atoms with van der Waals surface area (Å²) in [6.45, 7) is 4.65. The SMILES string of the molecule is Fc1ccc(Cn2cc(C3CCN(CCOc4ccccc4)CC3)c3ccccc32)cc1. The average Bonchev–Trinajstić information content (AvgIpc) is 3.20. The fraction of sp³-hybridized carbons (Fsp3) is 0.286. The molecule has 2 heterocycles. The van der Waals surface area contributed by atoms with Crippen molar-refractivity contribution in [2.45, 2.75) is 25.3 Å². The number of rotatable bonds is 7. The van der Waals surface area contributed by atoms with E-state index in [1.165, 1.54) is 16.5 Å². The molecule has 0 N–H and O–H groups in total. The lowest BCUT2D eigenvalue weighted by Gasteiger charge is -2.31. The predicted molar refractivity (Wildman–Crippen MR) is 128 cm³/mol. The van der Waals surface area contributed by atoms with Crippen LogP contribution < -0.4 is 4.74 Å². The number of ether oxygens (including phenoxy) is 1. The lowest BCUT2D eigenvalue weighted by atomic mass is 9.89. The molecule has 1 saturated heterocycles. The number of para-hydroxylation sites is 2. The smallest absolute Gasteiger partial charge is 0.123 e. The zero-order valence-electron chi connectivity index (χ0n) is 18.3. The lowest BCUT2D eigenvalue weighted by molar-refractivity contribution is 0.173. The molecule has 3 aromatic carbocycles. The Morgan fingerprint density at radius 2 is 1.56 bits per heavy atom. The normalized spacial score (nSPS) is 15.3. The maximum atomic E-state index is 13.3. The van der Waals surface area contributed by atoms with Gasteiger partial charge in [0.05, 0.1) is 0 Å². The molecule has 1 aliphatic rings. The van der Waals surface area contributed by atoms with Gasteiger partial charge in [0, 0.05) is 30.2 Å². The van der Waals surface area contributed by atoms with Crippen LogP contribution in [0.1, 0.15) is 29.9 Å². The van der Waals surface area contributed by atoms with Crippen molar-refractivity contribution in [1.82, 2.24) is 9.47 Å². The summed E-state index contributed by atoms with van der Waals surface area (Å²) >= 11 is 0. The fourth-order valence-corrected chi connectivity index (χ4v) is 4.79. The number of hydrogen-bond donors (Lipinski definition) is 0. The van der Waals surface area contributed by atoms with Crippen LogP contribution in [0.4, 0.5) is 4.39 Å². The molecule has 0 spiro atoms. The summed E-state index contributed by atoms with van der Waals surface area (Å²) in [7, 11) is 0. The zero-order valence-corrected chi connectivity index (χ0v) is 18.3. The second-order valence-corrected chi connectivity index (χ2v) is 8.63. The minimum Gasteiger partial charge on any atom is -0.492 e. The maximum Gasteiger partial charge on any atom is 0.123 e. The van der Waals surface area contributed by atoms with E-state index in [0.717, 1.165) is 56.9 Å². The van der Waals surface area contributed by atoms with Gasteiger partial charge in [-0.3, -0.25) is 4.90 Å². The Morgan fingerprint density at radius 3 is 2.34 bits per heavy atom. The van der Waals surface area contributed by atoms with E-state index < -0.39 is 0 Å². The van der Waals surface area contributed by atoms with Crippen molar-refractivity contribution in [2.24, 2.45) is 0 Å². The minimum atomic E-state index is -0.187. The third kappa shape index (κ3) is 4.71. The number of benzene rings is 3. The molecule has 164 valence electrons. The standard InChI is InChI=1S/C28H29FN2O/c29-24-12-10-22(11-13-24)20-31-21-27(26-8-4-5-9-28(26)31)23-14-16-30(17-15-23)18-19-32-25-6-2-1-3-7-25/h1-13,21,23H,14-20H2. The lowest BCUT2D eigenvalue weighted by Crippen LogP contribution is -2.35. The van der Waals surface area contributed by atoms with Crippen LogP contribution in [0, 0.1) is 5.82 Å². The molecule has 1 aliphatic heterocycles. The molecule has 1 fully saturated rings. The molecular formula is C28H29FN2O. The van der Waals surface area contributed by atoms with Crippen LogP contribution in [-0.2, 0) is 6.54 Å². The number of fused-ring (bicyclic) bond motifs is 1. The highest BCUT2D eigenvalue weighted by Crippen LogP contribution is 2.34. The van der Waals surface area contributed by atoms with Crippen LogP contribution >= 0.6 is 0 Å². The molecule has 0 radical (unpaired) electrons. The van der Waals surface area contributed by atoms with Crippen molar-refractivity contribution in [2.75, 3.05) is 26.2 Å². The molecule has 0 bridgehead atoms. The molecule has 0 atom stereocenters. The minimum absolute atomic E-state index is 0.187. The first-order chi connectivity index (χ1) is 15.8. The van der Waals surface area contributed by atoms with Crippen molar-refractivity contribution in [3.8, 4) is 5.75 Å². The van der Waals surface area contributed by atoms with Gasteiger partial charge < -0.3 is 9.30 Å². The summed E-state index contributed by atoms with van der Waals surface area (Å²) in [5, 5.41) is 1.35. The summed E-state index contributed by atoms with van der Waals surface area (Å²) in [5.41, 5.74) is 3.82. The van der Waals surface area contributed by atoms with Gasteiger partial charge in [-0.1, -0.05) is 48.5 Å². The topological polar surface area (TPSA) is 17.4 Å². The molecule has 0 amide bonds. The first-order valence-electron chi connectivity index (χ1n) is 11.5. The van der Waals surface area contributed by atoms with Gasteiger partial charge in [0.1, 0.15) is 18.2 Å². The van der Waals surface area contributed by atoms with Crippen LogP contribution in [0.3, 0.4) is 0 Å². The van der Waals surface area contributed by atoms with Crippen LogP contribution in [0.25, 0.3) is 10.9 Å². The summed E-state index contributed by atoms with van der Waals surface area (Å²) in [5.74, 6) is 1.32. The Balaban J connectivity index is 1.24. The average molecular weight is 429 g/mol. The van der Waals surface area contributed by atoms with Crippen LogP contribution in [0.2, 0.25) is 0 Å². The van der Waals surface area contributed by atoms with Gasteiger partial charge in [0.2, 0.25) is 0 Å². The third-order valence-corrected chi connectivity index (χ3v) is 6.53. The number of halogens is 1. The Hall–Kier alpha value is -3.11. The molecule has 1 aromatic heterocycles. The Morgan fingerprint density at radius 1 is 0.844 bits per heavy atom. The van der Waals surface area contributed by atoms with Gasteiger partial charge in [-0.15, -0.1) is 0 Å². The molecule has 5 rings (SSSR count). The van der Waals surface area contributed by atoms with Gasteiger partial charge in [-0.2, -0.15) is 0 Å². The van der Waals surface area contributed by atoms with Crippen molar-refractivity contribution in [1.29, 1.82) is 0 Å². The van der Waals surface area contributed by atoms with E-state index in [2.05, 4.69) is 39.9 Å². The monoisotopic (exact) mass is 428 g/mol. The maximum absolute atomic E-state index is 13.3. The third-order valence-electron chi connectivity index (χ3n) is 6.53. The Kier molecular flexibility index (Phi) is 6.22. The molecule has 32 heavy (non-hydrogen) atoms. The highest BCUT2D eigenvalue weighted by atomic mass is 19.1. The predicted octanol–water partition coefficient (Wildman–Crippen LogP) is 6.09. The summed E-state index contributed by atoms with van der Waals surface area (Å²) in [6, 6.07) is 25.5. The fourth-order valence-electron chi connectivity index (χ4n) is 4.79.